The van der Waals surface area contributed by atoms with Crippen molar-refractivity contribution in [3.63, 3.8) is 0 Å². The van der Waals surface area contributed by atoms with Crippen molar-refractivity contribution in [2.75, 3.05) is 0 Å². The number of pyridine rings is 1. The Morgan fingerprint density at radius 3 is 2.93 bits per heavy atom. The van der Waals surface area contributed by atoms with Gasteiger partial charge in [0.25, 0.3) is 0 Å². The summed E-state index contributed by atoms with van der Waals surface area (Å²) in [5, 5.41) is 10.1. The maximum Gasteiger partial charge on any atom is 0.147 e. The molecule has 0 bridgehead atoms. The second-order valence-electron chi connectivity index (χ2n) is 4.52. The molecule has 3 atom stereocenters. The highest BCUT2D eigenvalue weighted by Crippen LogP contribution is 2.39. The molecule has 0 radical (unpaired) electrons. The second-order valence-corrected chi connectivity index (χ2v) is 4.52. The van der Waals surface area contributed by atoms with Crippen LogP contribution in [0.1, 0.15) is 37.9 Å². The van der Waals surface area contributed by atoms with Gasteiger partial charge in [0.05, 0.1) is 12.3 Å². The van der Waals surface area contributed by atoms with Crippen LogP contribution in [0.5, 0.6) is 0 Å². The van der Waals surface area contributed by atoms with Gasteiger partial charge in [-0.05, 0) is 30.7 Å². The topological polar surface area (TPSA) is 33.1 Å². The molecular weight excluding hydrogens is 193 g/mol. The van der Waals surface area contributed by atoms with Gasteiger partial charge in [-0.1, -0.05) is 13.3 Å². The summed E-state index contributed by atoms with van der Waals surface area (Å²) in [6.45, 7) is 2.18. The van der Waals surface area contributed by atoms with E-state index in [2.05, 4.69) is 11.9 Å². The summed E-state index contributed by atoms with van der Waals surface area (Å²) < 4.78 is 13.4. The first-order chi connectivity index (χ1) is 7.18. The zero-order valence-electron chi connectivity index (χ0n) is 8.86. The summed E-state index contributed by atoms with van der Waals surface area (Å²) in [6, 6.07) is 1.57. The van der Waals surface area contributed by atoms with E-state index in [1.165, 1.54) is 6.20 Å². The molecule has 1 aromatic heterocycles. The van der Waals surface area contributed by atoms with Gasteiger partial charge >= 0.3 is 0 Å². The molecule has 1 aliphatic rings. The van der Waals surface area contributed by atoms with E-state index in [1.807, 2.05) is 0 Å². The number of halogens is 1. The predicted octanol–water partition coefficient (Wildman–Crippen LogP) is 2.69. The summed E-state index contributed by atoms with van der Waals surface area (Å²) in [7, 11) is 0. The molecule has 0 aliphatic heterocycles. The molecule has 1 N–H and O–H groups in total. The van der Waals surface area contributed by atoms with Gasteiger partial charge in [-0.25, -0.2) is 4.39 Å². The lowest BCUT2D eigenvalue weighted by Gasteiger charge is -2.18. The number of hydrogen-bond donors (Lipinski definition) is 1. The lowest BCUT2D eigenvalue weighted by Crippen LogP contribution is -2.11. The molecule has 0 aromatic carbocycles. The lowest BCUT2D eigenvalue weighted by atomic mass is 9.94. The predicted molar refractivity (Wildman–Crippen MR) is 55.7 cm³/mol. The third-order valence-corrected chi connectivity index (χ3v) is 3.30. The Kier molecular flexibility index (Phi) is 3.00. The van der Waals surface area contributed by atoms with Gasteiger partial charge in [-0.15, -0.1) is 0 Å². The molecule has 1 aromatic rings. The molecule has 3 heteroatoms. The number of aliphatic hydroxyl groups excluding tert-OH is 1. The van der Waals surface area contributed by atoms with Crippen molar-refractivity contribution < 1.29 is 9.50 Å². The zero-order valence-corrected chi connectivity index (χ0v) is 8.86. The van der Waals surface area contributed by atoms with Crippen molar-refractivity contribution in [2.24, 2.45) is 11.8 Å². The van der Waals surface area contributed by atoms with E-state index in [4.69, 9.17) is 0 Å². The van der Waals surface area contributed by atoms with Crippen LogP contribution in [-0.2, 0) is 0 Å². The fourth-order valence-electron chi connectivity index (χ4n) is 2.42. The fraction of sp³-hybridized carbons (Fsp3) is 0.583. The van der Waals surface area contributed by atoms with E-state index in [0.29, 0.717) is 11.5 Å². The minimum atomic E-state index is -0.669. The largest absolute Gasteiger partial charge is 0.388 e. The molecule has 0 saturated heterocycles. The molecule has 0 amide bonds. The highest BCUT2D eigenvalue weighted by Gasteiger charge is 2.29. The molecule has 0 spiro atoms. The molecule has 1 fully saturated rings. The molecule has 82 valence electrons. The standard InChI is InChI=1S/C12H16FNO/c1-8-2-3-9(6-8)12(15)10-4-5-14-7-11(10)13/h4-5,7-9,12,15H,2-3,6H2,1H3. The molecule has 2 rings (SSSR count). The molecule has 1 saturated carbocycles. The van der Waals surface area contributed by atoms with Crippen LogP contribution in [-0.4, -0.2) is 10.1 Å². The first kappa shape index (κ1) is 10.6. The van der Waals surface area contributed by atoms with Crippen LogP contribution >= 0.6 is 0 Å². The van der Waals surface area contributed by atoms with Gasteiger partial charge in [0, 0.05) is 11.8 Å². The van der Waals surface area contributed by atoms with E-state index in [9.17, 15) is 9.50 Å². The van der Waals surface area contributed by atoms with E-state index in [-0.39, 0.29) is 5.92 Å². The van der Waals surface area contributed by atoms with E-state index in [0.717, 1.165) is 25.5 Å². The van der Waals surface area contributed by atoms with Crippen molar-refractivity contribution in [3.05, 3.63) is 29.8 Å². The van der Waals surface area contributed by atoms with Crippen LogP contribution in [0, 0.1) is 17.7 Å². The first-order valence-corrected chi connectivity index (χ1v) is 5.46. The lowest BCUT2D eigenvalue weighted by molar-refractivity contribution is 0.106. The summed E-state index contributed by atoms with van der Waals surface area (Å²) in [6.07, 6.45) is 5.14. The Labute approximate surface area is 89.2 Å². The minimum Gasteiger partial charge on any atom is -0.388 e. The number of rotatable bonds is 2. The van der Waals surface area contributed by atoms with Gasteiger partial charge in [0.1, 0.15) is 5.82 Å². The smallest absolute Gasteiger partial charge is 0.147 e. The third-order valence-electron chi connectivity index (χ3n) is 3.30. The number of nitrogens with zero attached hydrogens (tertiary/aromatic N) is 1. The van der Waals surface area contributed by atoms with Gasteiger partial charge in [0.15, 0.2) is 0 Å². The molecule has 1 aliphatic carbocycles. The van der Waals surface area contributed by atoms with E-state index < -0.39 is 11.9 Å². The Morgan fingerprint density at radius 1 is 1.53 bits per heavy atom. The van der Waals surface area contributed by atoms with Crippen LogP contribution in [0.25, 0.3) is 0 Å². The summed E-state index contributed by atoms with van der Waals surface area (Å²) in [5.41, 5.74) is 0.393. The van der Waals surface area contributed by atoms with Crippen LogP contribution in [0.15, 0.2) is 18.5 Å². The Morgan fingerprint density at radius 2 is 2.33 bits per heavy atom. The maximum atomic E-state index is 13.4. The van der Waals surface area contributed by atoms with Crippen LogP contribution in [0.2, 0.25) is 0 Å². The highest BCUT2D eigenvalue weighted by molar-refractivity contribution is 5.16. The second kappa shape index (κ2) is 4.27. The average molecular weight is 209 g/mol. The van der Waals surface area contributed by atoms with Crippen molar-refractivity contribution in [3.8, 4) is 0 Å². The number of hydrogen-bond acceptors (Lipinski definition) is 2. The Hall–Kier alpha value is -0.960. The quantitative estimate of drug-likeness (QED) is 0.812. The monoisotopic (exact) mass is 209 g/mol. The van der Waals surface area contributed by atoms with Crippen molar-refractivity contribution in [1.29, 1.82) is 0 Å². The van der Waals surface area contributed by atoms with Crippen LogP contribution < -0.4 is 0 Å². The zero-order chi connectivity index (χ0) is 10.8. The third kappa shape index (κ3) is 2.17. The van der Waals surface area contributed by atoms with Gasteiger partial charge in [-0.3, -0.25) is 4.98 Å². The average Bonchev–Trinajstić information content (AvgIpc) is 2.65. The summed E-state index contributed by atoms with van der Waals surface area (Å²) >= 11 is 0. The molecule has 3 unspecified atom stereocenters. The van der Waals surface area contributed by atoms with Crippen LogP contribution in [0.3, 0.4) is 0 Å². The molecule has 1 heterocycles. The minimum absolute atomic E-state index is 0.205. The van der Waals surface area contributed by atoms with Gasteiger partial charge in [0.2, 0.25) is 0 Å². The van der Waals surface area contributed by atoms with Gasteiger partial charge in [-0.2, -0.15) is 0 Å². The van der Waals surface area contributed by atoms with Crippen molar-refractivity contribution in [2.45, 2.75) is 32.3 Å². The Balaban J connectivity index is 2.14. The first-order valence-electron chi connectivity index (χ1n) is 5.46. The Bertz CT molecular complexity index is 342. The van der Waals surface area contributed by atoms with Crippen molar-refractivity contribution in [1.82, 2.24) is 4.98 Å². The molecule has 15 heavy (non-hydrogen) atoms. The highest BCUT2D eigenvalue weighted by atomic mass is 19.1. The van der Waals surface area contributed by atoms with E-state index in [1.54, 1.807) is 6.07 Å². The van der Waals surface area contributed by atoms with Crippen molar-refractivity contribution >= 4 is 0 Å². The van der Waals surface area contributed by atoms with E-state index >= 15 is 0 Å². The maximum absolute atomic E-state index is 13.4. The molecular formula is C12H16FNO. The number of aromatic nitrogens is 1. The van der Waals surface area contributed by atoms with Gasteiger partial charge < -0.3 is 5.11 Å². The number of aliphatic hydroxyl groups is 1. The SMILES string of the molecule is CC1CCC(C(O)c2ccncc2F)C1. The fourth-order valence-corrected chi connectivity index (χ4v) is 2.42. The van der Waals surface area contributed by atoms with Crippen LogP contribution in [0.4, 0.5) is 4.39 Å². The summed E-state index contributed by atoms with van der Waals surface area (Å²) in [4.78, 5) is 3.68. The summed E-state index contributed by atoms with van der Waals surface area (Å²) in [5.74, 6) is 0.455. The molecule has 2 nitrogen and oxygen atoms in total. The normalized spacial score (nSPS) is 27.9.